The lowest BCUT2D eigenvalue weighted by molar-refractivity contribution is -0.384. The molecule has 3 rings (SSSR count). The van der Waals surface area contributed by atoms with Gasteiger partial charge in [0.25, 0.3) is 0 Å². The van der Waals surface area contributed by atoms with Crippen molar-refractivity contribution in [1.82, 2.24) is 10.3 Å². The third-order valence-electron chi connectivity index (χ3n) is 4.39. The number of rotatable bonds is 3. The van der Waals surface area contributed by atoms with Gasteiger partial charge in [-0.25, -0.2) is 4.98 Å². The fraction of sp³-hybridized carbons (Fsp3) is 0.615. The average molecular weight is 277 g/mol. The molecule has 0 amide bonds. The van der Waals surface area contributed by atoms with Crippen molar-refractivity contribution in [1.29, 1.82) is 0 Å². The van der Waals surface area contributed by atoms with Crippen LogP contribution in [-0.2, 0) is 0 Å². The molecule has 0 bridgehead atoms. The molecule has 1 saturated heterocycles. The number of nitrogens with zero attached hydrogens (tertiary/aromatic N) is 2. The Kier molecular flexibility index (Phi) is 3.21. The summed E-state index contributed by atoms with van der Waals surface area (Å²) in [6.45, 7) is 1.00. The molecular weight excluding hydrogens is 258 g/mol. The lowest BCUT2D eigenvalue weighted by Crippen LogP contribution is -2.58. The molecule has 7 nitrogen and oxygen atoms in total. The third kappa shape index (κ3) is 2.40. The van der Waals surface area contributed by atoms with E-state index in [4.69, 9.17) is 5.73 Å². The predicted octanol–water partition coefficient (Wildman–Crippen LogP) is 1.66. The van der Waals surface area contributed by atoms with Crippen LogP contribution in [0, 0.1) is 10.1 Å². The van der Waals surface area contributed by atoms with Crippen LogP contribution in [0.25, 0.3) is 0 Å². The summed E-state index contributed by atoms with van der Waals surface area (Å²) in [6, 6.07) is 3.39. The molecule has 1 aliphatic carbocycles. The van der Waals surface area contributed by atoms with E-state index in [1.54, 1.807) is 6.07 Å². The van der Waals surface area contributed by atoms with Crippen LogP contribution in [-0.4, -0.2) is 28.0 Å². The van der Waals surface area contributed by atoms with Gasteiger partial charge in [0.1, 0.15) is 5.82 Å². The number of hydrogen-bond acceptors (Lipinski definition) is 6. The number of nitro groups is 1. The number of piperidine rings is 1. The summed E-state index contributed by atoms with van der Waals surface area (Å²) in [7, 11) is 0. The van der Waals surface area contributed by atoms with Crippen molar-refractivity contribution in [3.05, 3.63) is 22.2 Å². The number of aromatic nitrogens is 1. The predicted molar refractivity (Wildman–Crippen MR) is 76.5 cm³/mol. The van der Waals surface area contributed by atoms with Gasteiger partial charge >= 0.3 is 5.69 Å². The summed E-state index contributed by atoms with van der Waals surface area (Å²) < 4.78 is 0. The first-order valence-corrected chi connectivity index (χ1v) is 7.00. The van der Waals surface area contributed by atoms with Gasteiger partial charge in [-0.2, -0.15) is 0 Å². The molecule has 0 radical (unpaired) electrons. The van der Waals surface area contributed by atoms with Gasteiger partial charge < -0.3 is 16.4 Å². The number of hydrogen-bond donors (Lipinski definition) is 3. The average Bonchev–Trinajstić information content (AvgIpc) is 2.37. The normalized spacial score (nSPS) is 24.1. The summed E-state index contributed by atoms with van der Waals surface area (Å²) in [5.74, 6) is 0.585. The lowest BCUT2D eigenvalue weighted by atomic mass is 9.70. The maximum absolute atomic E-state index is 10.7. The van der Waals surface area contributed by atoms with Crippen LogP contribution in [0.2, 0.25) is 0 Å². The van der Waals surface area contributed by atoms with Crippen molar-refractivity contribution >= 4 is 17.3 Å². The molecule has 0 aromatic carbocycles. The number of nitrogen functional groups attached to an aromatic ring is 1. The van der Waals surface area contributed by atoms with Gasteiger partial charge in [-0.3, -0.25) is 10.1 Å². The SMILES string of the molecule is Nc1nc(NC2CCNC3(CCC3)C2)ccc1[N+](=O)[O-]. The van der Waals surface area contributed by atoms with E-state index in [0.717, 1.165) is 19.4 Å². The van der Waals surface area contributed by atoms with Crippen LogP contribution < -0.4 is 16.4 Å². The highest BCUT2D eigenvalue weighted by atomic mass is 16.6. The first-order valence-electron chi connectivity index (χ1n) is 7.00. The molecule has 2 heterocycles. The Morgan fingerprint density at radius 1 is 1.50 bits per heavy atom. The molecule has 1 saturated carbocycles. The van der Waals surface area contributed by atoms with Crippen molar-refractivity contribution < 1.29 is 4.92 Å². The second-order valence-electron chi connectivity index (χ2n) is 5.75. The van der Waals surface area contributed by atoms with E-state index < -0.39 is 4.92 Å². The van der Waals surface area contributed by atoms with Gasteiger partial charge in [0.05, 0.1) is 4.92 Å². The maximum Gasteiger partial charge on any atom is 0.311 e. The molecule has 1 unspecified atom stereocenters. The van der Waals surface area contributed by atoms with E-state index >= 15 is 0 Å². The van der Waals surface area contributed by atoms with Crippen molar-refractivity contribution in [3.63, 3.8) is 0 Å². The van der Waals surface area contributed by atoms with Gasteiger partial charge in [0, 0.05) is 17.6 Å². The van der Waals surface area contributed by atoms with Gasteiger partial charge in [0.2, 0.25) is 5.82 Å². The Bertz CT molecular complexity index is 529. The third-order valence-corrected chi connectivity index (χ3v) is 4.39. The Labute approximate surface area is 117 Å². The van der Waals surface area contributed by atoms with E-state index in [0.29, 0.717) is 17.4 Å². The van der Waals surface area contributed by atoms with Crippen molar-refractivity contribution in [2.75, 3.05) is 17.6 Å². The zero-order chi connectivity index (χ0) is 14.2. The number of nitrogens with one attached hydrogen (secondary N) is 2. The Morgan fingerprint density at radius 3 is 2.90 bits per heavy atom. The van der Waals surface area contributed by atoms with Gasteiger partial charge in [-0.15, -0.1) is 0 Å². The van der Waals surface area contributed by atoms with Crippen molar-refractivity contribution in [2.45, 2.75) is 43.7 Å². The summed E-state index contributed by atoms with van der Waals surface area (Å²) in [5, 5.41) is 17.7. The molecule has 20 heavy (non-hydrogen) atoms. The zero-order valence-electron chi connectivity index (χ0n) is 11.3. The highest BCUT2D eigenvalue weighted by Crippen LogP contribution is 2.39. The van der Waals surface area contributed by atoms with Crippen molar-refractivity contribution in [3.8, 4) is 0 Å². The molecule has 1 aromatic rings. The Balaban J connectivity index is 1.68. The zero-order valence-corrected chi connectivity index (χ0v) is 11.3. The van der Waals surface area contributed by atoms with E-state index in [2.05, 4.69) is 15.6 Å². The van der Waals surface area contributed by atoms with Gasteiger partial charge in [0.15, 0.2) is 0 Å². The van der Waals surface area contributed by atoms with Crippen LogP contribution >= 0.6 is 0 Å². The minimum absolute atomic E-state index is 0.0349. The molecule has 2 fully saturated rings. The number of nitrogens with two attached hydrogens (primary N) is 1. The molecule has 1 spiro atoms. The highest BCUT2D eigenvalue weighted by Gasteiger charge is 2.40. The smallest absolute Gasteiger partial charge is 0.311 e. The van der Waals surface area contributed by atoms with E-state index in [9.17, 15) is 10.1 Å². The molecular formula is C13H19N5O2. The van der Waals surface area contributed by atoms with Crippen molar-refractivity contribution in [2.24, 2.45) is 0 Å². The second-order valence-corrected chi connectivity index (χ2v) is 5.75. The standard InChI is InChI=1S/C13H19N5O2/c14-12-10(18(19)20)2-3-11(17-12)16-9-4-7-15-13(8-9)5-1-6-13/h2-3,9,15H,1,4-8H2,(H3,14,16,17). The first kappa shape index (κ1) is 13.1. The lowest BCUT2D eigenvalue weighted by Gasteiger charge is -2.48. The summed E-state index contributed by atoms with van der Waals surface area (Å²) in [6.07, 6.45) is 5.87. The molecule has 1 aromatic heterocycles. The molecule has 108 valence electrons. The summed E-state index contributed by atoms with van der Waals surface area (Å²) in [5.41, 5.74) is 5.78. The van der Waals surface area contributed by atoms with E-state index in [-0.39, 0.29) is 11.5 Å². The topological polar surface area (TPSA) is 106 Å². The molecule has 4 N–H and O–H groups in total. The van der Waals surface area contributed by atoms with Gasteiger partial charge in [-0.1, -0.05) is 0 Å². The molecule has 2 aliphatic rings. The van der Waals surface area contributed by atoms with E-state index in [1.165, 1.54) is 25.3 Å². The minimum Gasteiger partial charge on any atom is -0.378 e. The number of pyridine rings is 1. The van der Waals surface area contributed by atoms with Crippen LogP contribution in [0.3, 0.4) is 0 Å². The molecule has 1 aliphatic heterocycles. The van der Waals surface area contributed by atoms with Crippen LogP contribution in [0.1, 0.15) is 32.1 Å². The van der Waals surface area contributed by atoms with Crippen LogP contribution in [0.5, 0.6) is 0 Å². The Morgan fingerprint density at radius 2 is 2.30 bits per heavy atom. The molecule has 1 atom stereocenters. The minimum atomic E-state index is -0.514. The fourth-order valence-corrected chi connectivity index (χ4v) is 3.18. The largest absolute Gasteiger partial charge is 0.378 e. The van der Waals surface area contributed by atoms with Crippen LogP contribution in [0.15, 0.2) is 12.1 Å². The molecule has 7 heteroatoms. The highest BCUT2D eigenvalue weighted by molar-refractivity contribution is 5.57. The van der Waals surface area contributed by atoms with Crippen LogP contribution in [0.4, 0.5) is 17.3 Å². The first-order chi connectivity index (χ1) is 9.58. The number of anilines is 2. The quantitative estimate of drug-likeness (QED) is 0.573. The second kappa shape index (κ2) is 4.90. The van der Waals surface area contributed by atoms with Gasteiger partial charge in [-0.05, 0) is 44.7 Å². The summed E-state index contributed by atoms with van der Waals surface area (Å²) in [4.78, 5) is 14.3. The van der Waals surface area contributed by atoms with E-state index in [1.807, 2.05) is 0 Å². The Hall–Kier alpha value is -1.89. The fourth-order valence-electron chi connectivity index (χ4n) is 3.18. The maximum atomic E-state index is 10.7. The summed E-state index contributed by atoms with van der Waals surface area (Å²) >= 11 is 0. The monoisotopic (exact) mass is 277 g/mol.